The highest BCUT2D eigenvalue weighted by molar-refractivity contribution is 6.16. The molecule has 0 radical (unpaired) electrons. The Kier molecular flexibility index (Phi) is 2.54. The van der Waals surface area contributed by atoms with E-state index in [1.165, 1.54) is 0 Å². The first-order valence-electron chi connectivity index (χ1n) is 4.28. The monoisotopic (exact) mass is 211 g/mol. The average Bonchev–Trinajstić information content (AvgIpc) is 2.76. The third kappa shape index (κ3) is 1.96. The maximum atomic E-state index is 5.61. The highest BCUT2D eigenvalue weighted by Crippen LogP contribution is 2.08. The van der Waals surface area contributed by atoms with E-state index >= 15 is 0 Å². The second kappa shape index (κ2) is 3.84. The molecule has 0 atom stereocenters. The van der Waals surface area contributed by atoms with Crippen molar-refractivity contribution in [2.75, 3.05) is 0 Å². The summed E-state index contributed by atoms with van der Waals surface area (Å²) in [6.45, 7) is 2.51. The average molecular weight is 212 g/mol. The summed E-state index contributed by atoms with van der Waals surface area (Å²) in [6, 6.07) is 3.85. The number of hydrogen-bond acceptors (Lipinski definition) is 3. The van der Waals surface area contributed by atoms with Gasteiger partial charge in [0.2, 0.25) is 0 Å². The Labute approximate surface area is 86.5 Å². The second-order valence-electron chi connectivity index (χ2n) is 3.05. The van der Waals surface area contributed by atoms with Crippen molar-refractivity contribution in [1.82, 2.24) is 15.0 Å². The van der Waals surface area contributed by atoms with Gasteiger partial charge in [0, 0.05) is 0 Å². The lowest BCUT2D eigenvalue weighted by molar-refractivity contribution is 0.455. The minimum absolute atomic E-state index is 0.386. The maximum absolute atomic E-state index is 5.61. The molecule has 74 valence electrons. The molecule has 0 unspecified atom stereocenters. The number of alkyl halides is 1. The molecule has 0 spiro atoms. The second-order valence-corrected chi connectivity index (χ2v) is 3.32. The lowest BCUT2D eigenvalue weighted by Gasteiger charge is -1.94. The molecule has 14 heavy (non-hydrogen) atoms. The zero-order valence-corrected chi connectivity index (χ0v) is 8.53. The van der Waals surface area contributed by atoms with Crippen molar-refractivity contribution in [2.24, 2.45) is 0 Å². The first-order chi connectivity index (χ1) is 6.78. The minimum atomic E-state index is 0.386. The predicted octanol–water partition coefficient (Wildman–Crippen LogP) is 1.97. The standard InChI is InChI=1S/C9H10ClN3O/c1-7-2-3-9(14-7)6-13-5-8(4-10)11-12-13/h2-3,5H,4,6H2,1H3. The smallest absolute Gasteiger partial charge is 0.125 e. The van der Waals surface area contributed by atoms with E-state index in [1.54, 1.807) is 4.68 Å². The lowest BCUT2D eigenvalue weighted by atomic mass is 10.4. The van der Waals surface area contributed by atoms with Crippen LogP contribution in [0.1, 0.15) is 17.2 Å². The van der Waals surface area contributed by atoms with Gasteiger partial charge in [-0.15, -0.1) is 16.7 Å². The number of hydrogen-bond donors (Lipinski definition) is 0. The Balaban J connectivity index is 2.10. The highest BCUT2D eigenvalue weighted by atomic mass is 35.5. The molecule has 5 heteroatoms. The summed E-state index contributed by atoms with van der Waals surface area (Å²) in [5, 5.41) is 7.79. The van der Waals surface area contributed by atoms with Gasteiger partial charge in [-0.3, -0.25) is 0 Å². The van der Waals surface area contributed by atoms with Crippen molar-refractivity contribution in [3.8, 4) is 0 Å². The quantitative estimate of drug-likeness (QED) is 0.729. The summed E-state index contributed by atoms with van der Waals surface area (Å²) in [7, 11) is 0. The number of rotatable bonds is 3. The number of aryl methyl sites for hydroxylation is 1. The van der Waals surface area contributed by atoms with Crippen molar-refractivity contribution in [1.29, 1.82) is 0 Å². The first kappa shape index (κ1) is 9.27. The largest absolute Gasteiger partial charge is 0.464 e. The molecule has 0 saturated carbocycles. The van der Waals surface area contributed by atoms with Gasteiger partial charge in [0.05, 0.1) is 17.8 Å². The molecule has 0 aliphatic heterocycles. The summed E-state index contributed by atoms with van der Waals surface area (Å²) in [6.07, 6.45) is 1.81. The van der Waals surface area contributed by atoms with Gasteiger partial charge >= 0.3 is 0 Å². The highest BCUT2D eigenvalue weighted by Gasteiger charge is 2.02. The summed E-state index contributed by atoms with van der Waals surface area (Å²) in [5.74, 6) is 2.16. The van der Waals surface area contributed by atoms with E-state index in [9.17, 15) is 0 Å². The third-order valence-corrected chi connectivity index (χ3v) is 2.11. The van der Waals surface area contributed by atoms with Gasteiger partial charge in [-0.25, -0.2) is 4.68 Å². The van der Waals surface area contributed by atoms with Crippen LogP contribution in [-0.2, 0) is 12.4 Å². The van der Waals surface area contributed by atoms with Crippen LogP contribution in [0.15, 0.2) is 22.7 Å². The normalized spacial score (nSPS) is 10.7. The van der Waals surface area contributed by atoms with E-state index in [0.717, 1.165) is 17.2 Å². The van der Waals surface area contributed by atoms with Gasteiger partial charge < -0.3 is 4.42 Å². The van der Waals surface area contributed by atoms with Crippen LogP contribution in [0, 0.1) is 6.92 Å². The van der Waals surface area contributed by atoms with Crippen molar-refractivity contribution < 1.29 is 4.42 Å². The SMILES string of the molecule is Cc1ccc(Cn2cc(CCl)nn2)o1. The van der Waals surface area contributed by atoms with Gasteiger partial charge in [0.15, 0.2) is 0 Å². The van der Waals surface area contributed by atoms with Crippen LogP contribution in [0.4, 0.5) is 0 Å². The molecular weight excluding hydrogens is 202 g/mol. The Morgan fingerprint density at radius 2 is 2.36 bits per heavy atom. The molecule has 2 aromatic rings. The third-order valence-electron chi connectivity index (χ3n) is 1.84. The molecule has 2 rings (SSSR count). The van der Waals surface area contributed by atoms with Crippen LogP contribution in [0.2, 0.25) is 0 Å². The van der Waals surface area contributed by atoms with Gasteiger partial charge in [-0.1, -0.05) is 5.21 Å². The van der Waals surface area contributed by atoms with Crippen LogP contribution in [0.3, 0.4) is 0 Å². The molecule has 0 fully saturated rings. The van der Waals surface area contributed by atoms with Crippen molar-refractivity contribution >= 4 is 11.6 Å². The van der Waals surface area contributed by atoms with Crippen LogP contribution in [-0.4, -0.2) is 15.0 Å². The number of aromatic nitrogens is 3. The van der Waals surface area contributed by atoms with E-state index in [4.69, 9.17) is 16.0 Å². The van der Waals surface area contributed by atoms with Crippen molar-refractivity contribution in [3.05, 3.63) is 35.5 Å². The molecule has 0 amide bonds. The topological polar surface area (TPSA) is 43.9 Å². The summed E-state index contributed by atoms with van der Waals surface area (Å²) in [5.41, 5.74) is 0.773. The fourth-order valence-corrected chi connectivity index (χ4v) is 1.33. The predicted molar refractivity (Wildman–Crippen MR) is 52.1 cm³/mol. The fourth-order valence-electron chi connectivity index (χ4n) is 1.21. The van der Waals surface area contributed by atoms with Gasteiger partial charge in [-0.2, -0.15) is 0 Å². The zero-order valence-electron chi connectivity index (χ0n) is 7.77. The Morgan fingerprint density at radius 3 is 2.93 bits per heavy atom. The summed E-state index contributed by atoms with van der Waals surface area (Å²) in [4.78, 5) is 0. The van der Waals surface area contributed by atoms with Crippen molar-refractivity contribution in [3.63, 3.8) is 0 Å². The van der Waals surface area contributed by atoms with Gasteiger partial charge in [-0.05, 0) is 19.1 Å². The van der Waals surface area contributed by atoms with E-state index < -0.39 is 0 Å². The number of halogens is 1. The zero-order chi connectivity index (χ0) is 9.97. The van der Waals surface area contributed by atoms with Crippen LogP contribution < -0.4 is 0 Å². The molecule has 0 bridgehead atoms. The molecular formula is C9H10ClN3O. The lowest BCUT2D eigenvalue weighted by Crippen LogP contribution is -1.98. The number of nitrogens with zero attached hydrogens (tertiary/aromatic N) is 3. The van der Waals surface area contributed by atoms with Crippen molar-refractivity contribution in [2.45, 2.75) is 19.3 Å². The Bertz CT molecular complexity index is 421. The summed E-state index contributed by atoms with van der Waals surface area (Å²) >= 11 is 5.61. The van der Waals surface area contributed by atoms with E-state index in [0.29, 0.717) is 12.4 Å². The molecule has 0 N–H and O–H groups in total. The van der Waals surface area contributed by atoms with Crippen LogP contribution in [0.25, 0.3) is 0 Å². The molecule has 2 aromatic heterocycles. The molecule has 0 saturated heterocycles. The number of furan rings is 1. The fraction of sp³-hybridized carbons (Fsp3) is 0.333. The molecule has 4 nitrogen and oxygen atoms in total. The summed E-state index contributed by atoms with van der Waals surface area (Å²) < 4.78 is 7.11. The van der Waals surface area contributed by atoms with Gasteiger partial charge in [0.25, 0.3) is 0 Å². The Morgan fingerprint density at radius 1 is 1.50 bits per heavy atom. The van der Waals surface area contributed by atoms with Gasteiger partial charge in [0.1, 0.15) is 18.1 Å². The molecule has 0 aliphatic carbocycles. The van der Waals surface area contributed by atoms with E-state index in [-0.39, 0.29) is 0 Å². The van der Waals surface area contributed by atoms with Crippen LogP contribution >= 0.6 is 11.6 Å². The molecule has 2 heterocycles. The minimum Gasteiger partial charge on any atom is -0.464 e. The molecule has 0 aromatic carbocycles. The van der Waals surface area contributed by atoms with E-state index in [1.807, 2.05) is 25.3 Å². The Hall–Kier alpha value is -1.29. The first-order valence-corrected chi connectivity index (χ1v) is 4.81. The van der Waals surface area contributed by atoms with Crippen LogP contribution in [0.5, 0.6) is 0 Å². The van der Waals surface area contributed by atoms with E-state index in [2.05, 4.69) is 10.3 Å². The maximum Gasteiger partial charge on any atom is 0.125 e. The molecule has 0 aliphatic rings.